The number of H-pyrrole nitrogens is 1. The van der Waals surface area contributed by atoms with Gasteiger partial charge in [0, 0.05) is 17.8 Å². The molecule has 4 aromatic rings. The Hall–Kier alpha value is -2.18. The fraction of sp³-hybridized carbons (Fsp3) is 0.235. The molecule has 0 spiro atoms. The van der Waals surface area contributed by atoms with E-state index in [9.17, 15) is 0 Å². The number of aromatic amines is 1. The van der Waals surface area contributed by atoms with Crippen LogP contribution in [-0.2, 0) is 6.42 Å². The van der Waals surface area contributed by atoms with Gasteiger partial charge in [-0.1, -0.05) is 12.1 Å². The Bertz CT molecular complexity index is 1000. The Morgan fingerprint density at radius 2 is 2.00 bits per heavy atom. The average molecular weight is 358 g/mol. The number of thiophene rings is 1. The van der Waals surface area contributed by atoms with E-state index in [1.807, 2.05) is 24.3 Å². The maximum atomic E-state index is 6.06. The summed E-state index contributed by atoms with van der Waals surface area (Å²) in [7, 11) is 0. The van der Waals surface area contributed by atoms with Crippen LogP contribution in [0, 0.1) is 13.8 Å². The summed E-state index contributed by atoms with van der Waals surface area (Å²) in [5.41, 5.74) is 3.26. The minimum absolute atomic E-state index is 0.273. The van der Waals surface area contributed by atoms with Gasteiger partial charge in [-0.25, -0.2) is 15.0 Å². The zero-order valence-corrected chi connectivity index (χ0v) is 14.9. The smallest absolute Gasteiger partial charge is 0.225 e. The molecule has 3 aromatic heterocycles. The Morgan fingerprint density at radius 1 is 1.17 bits per heavy atom. The number of halogens is 1. The van der Waals surface area contributed by atoms with Crippen molar-refractivity contribution in [2.75, 3.05) is 11.9 Å². The normalized spacial score (nSPS) is 11.5. The Labute approximate surface area is 148 Å². The van der Waals surface area contributed by atoms with E-state index in [1.165, 1.54) is 10.4 Å². The molecule has 122 valence electrons. The largest absolute Gasteiger partial charge is 0.369 e. The molecule has 3 heterocycles. The number of aromatic nitrogens is 4. The van der Waals surface area contributed by atoms with E-state index in [0.717, 1.165) is 45.9 Å². The van der Waals surface area contributed by atoms with Gasteiger partial charge in [0.05, 0.1) is 16.4 Å². The zero-order chi connectivity index (χ0) is 16.7. The molecule has 0 saturated carbocycles. The maximum Gasteiger partial charge on any atom is 0.225 e. The van der Waals surface area contributed by atoms with Crippen LogP contribution in [0.1, 0.15) is 16.3 Å². The lowest BCUT2D eigenvalue weighted by atomic mass is 10.2. The summed E-state index contributed by atoms with van der Waals surface area (Å²) in [6.45, 7) is 4.90. The molecule has 0 amide bonds. The van der Waals surface area contributed by atoms with Crippen LogP contribution >= 0.6 is 22.9 Å². The van der Waals surface area contributed by atoms with E-state index in [0.29, 0.717) is 0 Å². The molecule has 4 rings (SSSR count). The number of anilines is 1. The van der Waals surface area contributed by atoms with Crippen LogP contribution in [0.5, 0.6) is 0 Å². The minimum atomic E-state index is 0.273. The van der Waals surface area contributed by atoms with E-state index < -0.39 is 0 Å². The summed E-state index contributed by atoms with van der Waals surface area (Å²) in [5.74, 6) is 1.75. The monoisotopic (exact) mass is 357 g/mol. The quantitative estimate of drug-likeness (QED) is 0.528. The number of imidazole rings is 1. The average Bonchev–Trinajstić information content (AvgIpc) is 3.08. The van der Waals surface area contributed by atoms with Crippen molar-refractivity contribution in [3.05, 3.63) is 45.8 Å². The van der Waals surface area contributed by atoms with Gasteiger partial charge < -0.3 is 10.3 Å². The van der Waals surface area contributed by atoms with Crippen LogP contribution in [0.15, 0.2) is 24.3 Å². The summed E-state index contributed by atoms with van der Waals surface area (Å²) in [4.78, 5) is 18.8. The second-order valence-corrected chi connectivity index (χ2v) is 7.22. The van der Waals surface area contributed by atoms with Gasteiger partial charge >= 0.3 is 0 Å². The van der Waals surface area contributed by atoms with Crippen molar-refractivity contribution in [1.29, 1.82) is 0 Å². The van der Waals surface area contributed by atoms with Gasteiger partial charge in [0.25, 0.3) is 0 Å². The Balaban J connectivity index is 1.56. The van der Waals surface area contributed by atoms with Gasteiger partial charge in [0.15, 0.2) is 0 Å². The predicted molar refractivity (Wildman–Crippen MR) is 100 cm³/mol. The van der Waals surface area contributed by atoms with Gasteiger partial charge in [-0.15, -0.1) is 11.3 Å². The summed E-state index contributed by atoms with van der Waals surface area (Å²) in [6.07, 6.45) is 0.778. The van der Waals surface area contributed by atoms with Crippen LogP contribution in [0.3, 0.4) is 0 Å². The topological polar surface area (TPSA) is 66.5 Å². The molecule has 2 N–H and O–H groups in total. The van der Waals surface area contributed by atoms with Gasteiger partial charge in [-0.3, -0.25) is 0 Å². The van der Waals surface area contributed by atoms with Crippen molar-refractivity contribution < 1.29 is 0 Å². The highest BCUT2D eigenvalue weighted by molar-refractivity contribution is 7.18. The molecular formula is C17H16ClN5S. The van der Waals surface area contributed by atoms with Gasteiger partial charge in [0.2, 0.25) is 5.28 Å². The molecule has 1 aromatic carbocycles. The first-order chi connectivity index (χ1) is 11.6. The fourth-order valence-corrected chi connectivity index (χ4v) is 4.02. The number of fused-ring (bicyclic) bond motifs is 2. The van der Waals surface area contributed by atoms with Crippen molar-refractivity contribution in [2.24, 2.45) is 0 Å². The van der Waals surface area contributed by atoms with Crippen molar-refractivity contribution in [3.63, 3.8) is 0 Å². The van der Waals surface area contributed by atoms with Crippen LogP contribution in [0.2, 0.25) is 5.28 Å². The fourth-order valence-electron chi connectivity index (χ4n) is 2.77. The molecule has 7 heteroatoms. The molecule has 24 heavy (non-hydrogen) atoms. The maximum absolute atomic E-state index is 6.06. The van der Waals surface area contributed by atoms with Crippen LogP contribution < -0.4 is 5.32 Å². The number of nitrogens with one attached hydrogen (secondary N) is 2. The van der Waals surface area contributed by atoms with Crippen molar-refractivity contribution in [3.8, 4) is 0 Å². The third-order valence-corrected chi connectivity index (χ3v) is 5.36. The highest BCUT2D eigenvalue weighted by Gasteiger charge is 2.14. The second kappa shape index (κ2) is 6.03. The molecule has 0 aliphatic carbocycles. The number of para-hydroxylation sites is 2. The molecule has 0 aliphatic heterocycles. The highest BCUT2D eigenvalue weighted by Crippen LogP contribution is 2.33. The van der Waals surface area contributed by atoms with E-state index >= 15 is 0 Å². The second-order valence-electron chi connectivity index (χ2n) is 5.68. The summed E-state index contributed by atoms with van der Waals surface area (Å²) >= 11 is 7.71. The van der Waals surface area contributed by atoms with Crippen molar-refractivity contribution in [2.45, 2.75) is 20.3 Å². The third-order valence-electron chi connectivity index (χ3n) is 4.09. The number of hydrogen-bond acceptors (Lipinski definition) is 5. The summed E-state index contributed by atoms with van der Waals surface area (Å²) < 4.78 is 0. The SMILES string of the molecule is Cc1sc2nc(Cl)nc(NCCc3nc4ccccc4[nH]3)c2c1C. The van der Waals surface area contributed by atoms with Crippen LogP contribution in [0.4, 0.5) is 5.82 Å². The van der Waals surface area contributed by atoms with Gasteiger partial charge in [0.1, 0.15) is 16.5 Å². The summed E-state index contributed by atoms with van der Waals surface area (Å²) in [6, 6.07) is 8.04. The Kier molecular flexibility index (Phi) is 3.86. The zero-order valence-electron chi connectivity index (χ0n) is 13.4. The highest BCUT2D eigenvalue weighted by atomic mass is 35.5. The van der Waals surface area contributed by atoms with Crippen LogP contribution in [0.25, 0.3) is 21.3 Å². The minimum Gasteiger partial charge on any atom is -0.369 e. The first-order valence-corrected chi connectivity index (χ1v) is 8.92. The number of hydrogen-bond donors (Lipinski definition) is 2. The van der Waals surface area contributed by atoms with Crippen molar-refractivity contribution in [1.82, 2.24) is 19.9 Å². The third kappa shape index (κ3) is 2.72. The molecule has 0 bridgehead atoms. The van der Waals surface area contributed by atoms with E-state index in [4.69, 9.17) is 11.6 Å². The molecule has 0 saturated heterocycles. The van der Waals surface area contributed by atoms with Crippen molar-refractivity contribution >= 4 is 50.0 Å². The summed E-state index contributed by atoms with van der Waals surface area (Å²) in [5, 5.41) is 4.72. The van der Waals surface area contributed by atoms with Gasteiger partial charge in [-0.05, 0) is 43.1 Å². The number of benzene rings is 1. The van der Waals surface area contributed by atoms with E-state index in [1.54, 1.807) is 11.3 Å². The molecule has 0 atom stereocenters. The van der Waals surface area contributed by atoms with Crippen LogP contribution in [-0.4, -0.2) is 26.5 Å². The number of aryl methyl sites for hydroxylation is 2. The number of rotatable bonds is 4. The molecule has 0 fully saturated rings. The first-order valence-electron chi connectivity index (χ1n) is 7.72. The lowest BCUT2D eigenvalue weighted by Crippen LogP contribution is -2.08. The standard InChI is InChI=1S/C17H16ClN5S/c1-9-10(2)24-16-14(9)15(22-17(18)23-16)19-8-7-13-20-11-5-3-4-6-12(11)21-13/h3-6H,7-8H2,1-2H3,(H,20,21)(H,19,22,23). The molecule has 0 radical (unpaired) electrons. The lowest BCUT2D eigenvalue weighted by Gasteiger charge is -2.07. The first kappa shape index (κ1) is 15.4. The molecular weight excluding hydrogens is 342 g/mol. The molecule has 0 unspecified atom stereocenters. The molecule has 0 aliphatic rings. The lowest BCUT2D eigenvalue weighted by molar-refractivity contribution is 0.929. The molecule has 5 nitrogen and oxygen atoms in total. The van der Waals surface area contributed by atoms with Gasteiger partial charge in [-0.2, -0.15) is 0 Å². The Morgan fingerprint density at radius 3 is 2.83 bits per heavy atom. The number of nitrogens with zero attached hydrogens (tertiary/aromatic N) is 3. The predicted octanol–water partition coefficient (Wildman–Crippen LogP) is 4.49. The van der Waals surface area contributed by atoms with E-state index in [2.05, 4.69) is 39.1 Å². The van der Waals surface area contributed by atoms with E-state index in [-0.39, 0.29) is 5.28 Å².